The molecule has 0 aliphatic heterocycles. The SMILES string of the molecule is CC(CC[C@@H](O)C(C)C)C1CCC2C3CC=C4C[C@@H](O)CC[C@]4(C)C3CC[C@]12C. The molecule has 3 saturated carbocycles. The van der Waals surface area contributed by atoms with Crippen LogP contribution in [0.1, 0.15) is 98.8 Å². The van der Waals surface area contributed by atoms with Crippen LogP contribution in [0.25, 0.3) is 0 Å². The summed E-state index contributed by atoms with van der Waals surface area (Å²) in [5, 5.41) is 20.5. The maximum absolute atomic E-state index is 10.3. The molecular weight excluding hydrogens is 356 g/mol. The minimum Gasteiger partial charge on any atom is -0.393 e. The van der Waals surface area contributed by atoms with E-state index in [4.69, 9.17) is 0 Å². The molecule has 0 amide bonds. The lowest BCUT2D eigenvalue weighted by molar-refractivity contribution is -0.0579. The molecule has 3 fully saturated rings. The number of rotatable bonds is 5. The van der Waals surface area contributed by atoms with E-state index in [9.17, 15) is 10.2 Å². The van der Waals surface area contributed by atoms with Gasteiger partial charge in [0, 0.05) is 0 Å². The van der Waals surface area contributed by atoms with Crippen molar-refractivity contribution >= 4 is 0 Å². The number of fused-ring (bicyclic) bond motifs is 5. The van der Waals surface area contributed by atoms with Crippen LogP contribution in [0.5, 0.6) is 0 Å². The van der Waals surface area contributed by atoms with E-state index in [2.05, 4.69) is 40.7 Å². The highest BCUT2D eigenvalue weighted by Gasteiger charge is 2.59. The Kier molecular flexibility index (Phi) is 6.01. The number of aliphatic hydroxyl groups is 2. The predicted molar refractivity (Wildman–Crippen MR) is 120 cm³/mol. The van der Waals surface area contributed by atoms with Gasteiger partial charge < -0.3 is 10.2 Å². The summed E-state index contributed by atoms with van der Waals surface area (Å²) in [7, 11) is 0. The van der Waals surface area contributed by atoms with Gasteiger partial charge in [0.15, 0.2) is 0 Å². The van der Waals surface area contributed by atoms with E-state index >= 15 is 0 Å². The van der Waals surface area contributed by atoms with Crippen LogP contribution < -0.4 is 0 Å². The summed E-state index contributed by atoms with van der Waals surface area (Å²) in [6.07, 6.45) is 14.4. The van der Waals surface area contributed by atoms with Crippen molar-refractivity contribution < 1.29 is 10.2 Å². The van der Waals surface area contributed by atoms with E-state index in [0.29, 0.717) is 16.7 Å². The molecule has 2 nitrogen and oxygen atoms in total. The fraction of sp³-hybridized carbons (Fsp3) is 0.926. The van der Waals surface area contributed by atoms with Crippen LogP contribution in [0.2, 0.25) is 0 Å². The van der Waals surface area contributed by atoms with Gasteiger partial charge in [0.25, 0.3) is 0 Å². The minimum absolute atomic E-state index is 0.0994. The van der Waals surface area contributed by atoms with E-state index in [0.717, 1.165) is 48.9 Å². The van der Waals surface area contributed by atoms with Crippen LogP contribution in [0.3, 0.4) is 0 Å². The lowest BCUT2D eigenvalue weighted by Crippen LogP contribution is -2.50. The highest BCUT2D eigenvalue weighted by atomic mass is 16.3. The lowest BCUT2D eigenvalue weighted by Gasteiger charge is -2.58. The number of aliphatic hydroxyl groups excluding tert-OH is 2. The average Bonchev–Trinajstić information content (AvgIpc) is 3.03. The van der Waals surface area contributed by atoms with E-state index in [1.54, 1.807) is 5.57 Å². The van der Waals surface area contributed by atoms with Crippen molar-refractivity contribution in [3.63, 3.8) is 0 Å². The molecule has 2 N–H and O–H groups in total. The van der Waals surface area contributed by atoms with Crippen molar-refractivity contribution in [3.05, 3.63) is 11.6 Å². The van der Waals surface area contributed by atoms with Gasteiger partial charge in [-0.3, -0.25) is 0 Å². The minimum atomic E-state index is -0.137. The zero-order valence-electron chi connectivity index (χ0n) is 19.7. The first-order chi connectivity index (χ1) is 13.7. The third kappa shape index (κ3) is 3.65. The van der Waals surface area contributed by atoms with Crippen molar-refractivity contribution in [3.8, 4) is 0 Å². The Labute approximate surface area is 179 Å². The normalized spacial score (nSPS) is 46.5. The van der Waals surface area contributed by atoms with Gasteiger partial charge in [-0.25, -0.2) is 0 Å². The van der Waals surface area contributed by atoms with E-state index in [-0.39, 0.29) is 12.2 Å². The number of allylic oxidation sites excluding steroid dienone is 1. The second kappa shape index (κ2) is 7.97. The fourth-order valence-electron chi connectivity index (χ4n) is 8.59. The van der Waals surface area contributed by atoms with Crippen LogP contribution in [-0.4, -0.2) is 22.4 Å². The van der Waals surface area contributed by atoms with E-state index in [1.165, 1.54) is 44.9 Å². The van der Waals surface area contributed by atoms with E-state index in [1.807, 2.05) is 0 Å². The third-order valence-corrected chi connectivity index (χ3v) is 10.5. The zero-order chi connectivity index (χ0) is 21.0. The van der Waals surface area contributed by atoms with Gasteiger partial charge in [-0.2, -0.15) is 0 Å². The van der Waals surface area contributed by atoms with Gasteiger partial charge in [0.05, 0.1) is 12.2 Å². The highest BCUT2D eigenvalue weighted by Crippen LogP contribution is 2.67. The molecule has 4 aliphatic rings. The Hall–Kier alpha value is -0.340. The first-order valence-corrected chi connectivity index (χ1v) is 12.7. The number of hydrogen-bond donors (Lipinski definition) is 2. The Bertz CT molecular complexity index is 624. The maximum Gasteiger partial charge on any atom is 0.0577 e. The largest absolute Gasteiger partial charge is 0.393 e. The second-order valence-corrected chi connectivity index (χ2v) is 12.3. The van der Waals surface area contributed by atoms with E-state index < -0.39 is 0 Å². The number of hydrogen-bond acceptors (Lipinski definition) is 2. The first-order valence-electron chi connectivity index (χ1n) is 12.7. The fourth-order valence-corrected chi connectivity index (χ4v) is 8.59. The van der Waals surface area contributed by atoms with Gasteiger partial charge in [-0.15, -0.1) is 0 Å². The van der Waals surface area contributed by atoms with Crippen molar-refractivity contribution in [2.24, 2.45) is 46.3 Å². The van der Waals surface area contributed by atoms with Gasteiger partial charge in [-0.05, 0) is 111 Å². The van der Waals surface area contributed by atoms with Crippen LogP contribution in [0, 0.1) is 46.3 Å². The Morgan fingerprint density at radius 2 is 1.76 bits per heavy atom. The molecule has 0 heterocycles. The molecule has 0 radical (unpaired) electrons. The summed E-state index contributed by atoms with van der Waals surface area (Å²) >= 11 is 0. The molecule has 29 heavy (non-hydrogen) atoms. The molecule has 166 valence electrons. The van der Waals surface area contributed by atoms with Crippen molar-refractivity contribution in [1.82, 2.24) is 0 Å². The van der Waals surface area contributed by atoms with Crippen LogP contribution in [-0.2, 0) is 0 Å². The molecule has 4 aliphatic carbocycles. The topological polar surface area (TPSA) is 40.5 Å². The maximum atomic E-state index is 10.3. The summed E-state index contributed by atoms with van der Waals surface area (Å²) < 4.78 is 0. The molecule has 5 unspecified atom stereocenters. The Morgan fingerprint density at radius 1 is 1.00 bits per heavy atom. The average molecular weight is 403 g/mol. The first kappa shape index (κ1) is 21.9. The molecular formula is C27H46O2. The zero-order valence-corrected chi connectivity index (χ0v) is 19.7. The van der Waals surface area contributed by atoms with Gasteiger partial charge in [-0.1, -0.05) is 46.3 Å². The highest BCUT2D eigenvalue weighted by molar-refractivity contribution is 5.25. The third-order valence-electron chi connectivity index (χ3n) is 10.5. The molecule has 2 heteroatoms. The van der Waals surface area contributed by atoms with Gasteiger partial charge >= 0.3 is 0 Å². The second-order valence-electron chi connectivity index (χ2n) is 12.3. The molecule has 0 aromatic carbocycles. The summed E-state index contributed by atoms with van der Waals surface area (Å²) in [5.74, 6) is 4.51. The van der Waals surface area contributed by atoms with Gasteiger partial charge in [0.2, 0.25) is 0 Å². The van der Waals surface area contributed by atoms with Crippen LogP contribution in [0.4, 0.5) is 0 Å². The quantitative estimate of drug-likeness (QED) is 0.525. The molecule has 0 spiro atoms. The Morgan fingerprint density at radius 3 is 2.48 bits per heavy atom. The standard InChI is InChI=1S/C27H46O2/c1-17(2)25(29)11-6-18(3)22-9-10-23-21-8-7-19-16-20(28)12-14-26(19,4)24(21)13-15-27(22,23)5/h7,17-18,20-25,28-29H,6,8-16H2,1-5H3/t18?,20-,21?,22?,23?,24?,25+,26-,27+/m0/s1. The molecule has 0 aromatic rings. The van der Waals surface area contributed by atoms with Crippen LogP contribution in [0.15, 0.2) is 11.6 Å². The summed E-state index contributed by atoms with van der Waals surface area (Å²) in [6, 6.07) is 0. The predicted octanol–water partition coefficient (Wildman–Crippen LogP) is 6.36. The molecule has 0 aromatic heterocycles. The molecule has 4 rings (SSSR count). The summed E-state index contributed by atoms with van der Waals surface area (Å²) in [6.45, 7) is 11.9. The lowest BCUT2D eigenvalue weighted by atomic mass is 9.47. The monoisotopic (exact) mass is 402 g/mol. The molecule has 0 bridgehead atoms. The summed E-state index contributed by atoms with van der Waals surface area (Å²) in [4.78, 5) is 0. The molecule has 0 saturated heterocycles. The van der Waals surface area contributed by atoms with Crippen molar-refractivity contribution in [2.75, 3.05) is 0 Å². The van der Waals surface area contributed by atoms with Crippen LogP contribution >= 0.6 is 0 Å². The molecule has 9 atom stereocenters. The smallest absolute Gasteiger partial charge is 0.0577 e. The van der Waals surface area contributed by atoms with Crippen molar-refractivity contribution in [1.29, 1.82) is 0 Å². The summed E-state index contributed by atoms with van der Waals surface area (Å²) in [5.41, 5.74) is 2.44. The van der Waals surface area contributed by atoms with Crippen molar-refractivity contribution in [2.45, 2.75) is 111 Å². The Balaban J connectivity index is 1.49. The van der Waals surface area contributed by atoms with Gasteiger partial charge in [0.1, 0.15) is 0 Å².